The molecular weight excluding hydrogens is 350 g/mol. The zero-order valence-corrected chi connectivity index (χ0v) is 14.1. The van der Waals surface area contributed by atoms with Gasteiger partial charge in [-0.05, 0) is 43.2 Å². The molecule has 3 rings (SSSR count). The van der Waals surface area contributed by atoms with Crippen molar-refractivity contribution in [3.63, 3.8) is 0 Å². The van der Waals surface area contributed by atoms with Gasteiger partial charge in [0.1, 0.15) is 16.5 Å². The minimum absolute atomic E-state index is 0.280. The number of nitrogens with one attached hydrogen (secondary N) is 1. The zero-order valence-electron chi connectivity index (χ0n) is 13.3. The summed E-state index contributed by atoms with van der Waals surface area (Å²) in [6.07, 6.45) is 0.806. The number of anilines is 2. The van der Waals surface area contributed by atoms with Crippen molar-refractivity contribution in [1.82, 2.24) is 0 Å². The van der Waals surface area contributed by atoms with Gasteiger partial charge in [-0.25, -0.2) is 17.2 Å². The van der Waals surface area contributed by atoms with Crippen LogP contribution in [0.15, 0.2) is 47.4 Å². The van der Waals surface area contributed by atoms with Crippen LogP contribution in [0.3, 0.4) is 0 Å². The number of rotatable bonds is 4. The normalized spacial score (nSPS) is 16.0. The van der Waals surface area contributed by atoms with Crippen LogP contribution < -0.4 is 9.62 Å². The van der Waals surface area contributed by atoms with E-state index < -0.39 is 26.6 Å². The molecule has 134 valence electrons. The predicted molar refractivity (Wildman–Crippen MR) is 91.1 cm³/mol. The third kappa shape index (κ3) is 3.91. The van der Waals surface area contributed by atoms with Crippen molar-refractivity contribution in [3.05, 3.63) is 54.1 Å². The molecule has 8 heteroatoms. The van der Waals surface area contributed by atoms with E-state index in [-0.39, 0.29) is 11.8 Å². The number of aliphatic hydroxyl groups is 1. The van der Waals surface area contributed by atoms with Crippen molar-refractivity contribution in [3.8, 4) is 0 Å². The van der Waals surface area contributed by atoms with E-state index in [9.17, 15) is 22.3 Å². The Morgan fingerprint density at radius 3 is 2.48 bits per heavy atom. The smallest absolute Gasteiger partial charge is 0.264 e. The molecule has 0 bridgehead atoms. The maximum atomic E-state index is 13.8. The second-order valence-electron chi connectivity index (χ2n) is 5.92. The first-order valence-electron chi connectivity index (χ1n) is 7.87. The summed E-state index contributed by atoms with van der Waals surface area (Å²) >= 11 is 0. The molecular formula is C17H18F2N2O3S. The Bertz CT molecular complexity index is 866. The summed E-state index contributed by atoms with van der Waals surface area (Å²) in [5, 5.41) is 9.62. The van der Waals surface area contributed by atoms with E-state index in [2.05, 4.69) is 4.72 Å². The van der Waals surface area contributed by atoms with Gasteiger partial charge in [-0.2, -0.15) is 0 Å². The van der Waals surface area contributed by atoms with Gasteiger partial charge in [0.2, 0.25) is 0 Å². The molecule has 0 amide bonds. The van der Waals surface area contributed by atoms with Crippen LogP contribution in [-0.2, 0) is 10.0 Å². The summed E-state index contributed by atoms with van der Waals surface area (Å²) in [6.45, 7) is 1.16. The highest BCUT2D eigenvalue weighted by Gasteiger charge is 2.24. The molecule has 0 unspecified atom stereocenters. The second-order valence-corrected chi connectivity index (χ2v) is 7.57. The van der Waals surface area contributed by atoms with E-state index in [4.69, 9.17) is 0 Å². The van der Waals surface area contributed by atoms with Crippen LogP contribution >= 0.6 is 0 Å². The highest BCUT2D eigenvalue weighted by molar-refractivity contribution is 7.92. The Morgan fingerprint density at radius 1 is 1.08 bits per heavy atom. The van der Waals surface area contributed by atoms with Crippen molar-refractivity contribution in [2.24, 2.45) is 0 Å². The molecule has 1 saturated heterocycles. The number of hydrogen-bond donors (Lipinski definition) is 2. The third-order valence-corrected chi connectivity index (χ3v) is 5.52. The molecule has 0 aromatic heterocycles. The van der Waals surface area contributed by atoms with Crippen molar-refractivity contribution >= 4 is 21.4 Å². The number of para-hydroxylation sites is 2. The fraction of sp³-hybridized carbons (Fsp3) is 0.294. The van der Waals surface area contributed by atoms with Crippen molar-refractivity contribution in [1.29, 1.82) is 0 Å². The Kier molecular flexibility index (Phi) is 4.91. The van der Waals surface area contributed by atoms with Crippen LogP contribution in [0.2, 0.25) is 0 Å². The molecule has 1 aliphatic rings. The van der Waals surface area contributed by atoms with Crippen LogP contribution in [0.1, 0.15) is 12.8 Å². The minimum Gasteiger partial charge on any atom is -0.393 e. The molecule has 25 heavy (non-hydrogen) atoms. The van der Waals surface area contributed by atoms with E-state index in [1.165, 1.54) is 0 Å². The van der Waals surface area contributed by atoms with Gasteiger partial charge < -0.3 is 10.0 Å². The Balaban J connectivity index is 1.91. The largest absolute Gasteiger partial charge is 0.393 e. The summed E-state index contributed by atoms with van der Waals surface area (Å²) in [5.74, 6) is -1.85. The zero-order chi connectivity index (χ0) is 18.0. The average molecular weight is 368 g/mol. The lowest BCUT2D eigenvalue weighted by molar-refractivity contribution is 0.145. The highest BCUT2D eigenvalue weighted by atomic mass is 32.2. The van der Waals surface area contributed by atoms with E-state index in [1.54, 1.807) is 24.3 Å². The number of sulfonamides is 1. The Hall–Kier alpha value is -2.19. The summed E-state index contributed by atoms with van der Waals surface area (Å²) in [4.78, 5) is 1.21. The van der Waals surface area contributed by atoms with Crippen molar-refractivity contribution in [2.75, 3.05) is 22.7 Å². The quantitative estimate of drug-likeness (QED) is 0.871. The maximum absolute atomic E-state index is 13.8. The van der Waals surface area contributed by atoms with Gasteiger partial charge in [-0.3, -0.25) is 4.72 Å². The summed E-state index contributed by atoms with van der Waals surface area (Å²) in [5.41, 5.74) is 0.914. The lowest BCUT2D eigenvalue weighted by atomic mass is 10.1. The van der Waals surface area contributed by atoms with Gasteiger partial charge in [0.25, 0.3) is 10.0 Å². The standard InChI is InChI=1S/C17H18F2N2O3S/c18-12-5-6-14(19)17(11-12)25(23,24)20-15-3-1-2-4-16(15)21-9-7-13(22)8-10-21/h1-6,11,13,20,22H,7-10H2. The number of hydrogen-bond acceptors (Lipinski definition) is 4. The molecule has 0 aliphatic carbocycles. The van der Waals surface area contributed by atoms with Gasteiger partial charge in [0.05, 0.1) is 17.5 Å². The van der Waals surface area contributed by atoms with Crippen LogP contribution in [0.25, 0.3) is 0 Å². The number of aliphatic hydroxyl groups excluding tert-OH is 1. The van der Waals surface area contributed by atoms with Crippen LogP contribution in [0, 0.1) is 11.6 Å². The number of halogens is 2. The molecule has 2 aromatic carbocycles. The Labute approximate surface area is 145 Å². The second kappa shape index (κ2) is 6.97. The molecule has 0 spiro atoms. The molecule has 1 fully saturated rings. The maximum Gasteiger partial charge on any atom is 0.264 e. The van der Waals surface area contributed by atoms with Crippen LogP contribution in [0.4, 0.5) is 20.2 Å². The average Bonchev–Trinajstić information content (AvgIpc) is 2.58. The van der Waals surface area contributed by atoms with E-state index >= 15 is 0 Å². The first-order chi connectivity index (χ1) is 11.9. The van der Waals surface area contributed by atoms with Crippen molar-refractivity contribution < 1.29 is 22.3 Å². The number of nitrogens with zero attached hydrogens (tertiary/aromatic N) is 1. The summed E-state index contributed by atoms with van der Waals surface area (Å²) < 4.78 is 54.5. The van der Waals surface area contributed by atoms with Gasteiger partial charge in [0.15, 0.2) is 0 Å². The molecule has 2 N–H and O–H groups in total. The summed E-state index contributed by atoms with van der Waals surface area (Å²) in [6, 6.07) is 9.02. The molecule has 2 aromatic rings. The molecule has 5 nitrogen and oxygen atoms in total. The van der Waals surface area contributed by atoms with Crippen LogP contribution in [-0.4, -0.2) is 32.7 Å². The molecule has 1 aliphatic heterocycles. The topological polar surface area (TPSA) is 69.6 Å². The molecule has 0 radical (unpaired) electrons. The van der Waals surface area contributed by atoms with E-state index in [0.717, 1.165) is 12.1 Å². The number of piperidine rings is 1. The molecule has 0 atom stereocenters. The van der Waals surface area contributed by atoms with E-state index in [0.29, 0.717) is 37.7 Å². The highest BCUT2D eigenvalue weighted by Crippen LogP contribution is 2.30. The Morgan fingerprint density at radius 2 is 1.76 bits per heavy atom. The van der Waals surface area contributed by atoms with Gasteiger partial charge in [0, 0.05) is 13.1 Å². The first-order valence-corrected chi connectivity index (χ1v) is 9.35. The SMILES string of the molecule is O=S(=O)(Nc1ccccc1N1CCC(O)CC1)c1cc(F)ccc1F. The van der Waals surface area contributed by atoms with Gasteiger partial charge >= 0.3 is 0 Å². The first kappa shape index (κ1) is 17.6. The fourth-order valence-corrected chi connectivity index (χ4v) is 3.99. The van der Waals surface area contributed by atoms with Crippen LogP contribution in [0.5, 0.6) is 0 Å². The predicted octanol–water partition coefficient (Wildman–Crippen LogP) is 2.73. The fourth-order valence-electron chi connectivity index (χ4n) is 2.83. The molecule has 1 heterocycles. The van der Waals surface area contributed by atoms with Crippen molar-refractivity contribution in [2.45, 2.75) is 23.8 Å². The number of benzene rings is 2. The third-order valence-electron chi connectivity index (χ3n) is 4.14. The summed E-state index contributed by atoms with van der Waals surface area (Å²) in [7, 11) is -4.28. The van der Waals surface area contributed by atoms with E-state index in [1.807, 2.05) is 4.90 Å². The van der Waals surface area contributed by atoms with Gasteiger partial charge in [-0.1, -0.05) is 12.1 Å². The lowest BCUT2D eigenvalue weighted by Gasteiger charge is -2.32. The molecule has 0 saturated carbocycles. The lowest BCUT2D eigenvalue weighted by Crippen LogP contribution is -2.36. The van der Waals surface area contributed by atoms with Gasteiger partial charge in [-0.15, -0.1) is 0 Å². The monoisotopic (exact) mass is 368 g/mol. The minimum atomic E-state index is -4.28.